The van der Waals surface area contributed by atoms with Crippen molar-refractivity contribution >= 4 is 43.2 Å². The van der Waals surface area contributed by atoms with E-state index in [1.165, 1.54) is 49.7 Å². The number of hydrogen-bond donors (Lipinski definition) is 2. The Morgan fingerprint density at radius 1 is 1.08 bits per heavy atom. The van der Waals surface area contributed by atoms with E-state index in [2.05, 4.69) is 0 Å². The molecule has 0 radical (unpaired) electrons. The first kappa shape index (κ1) is 26.3. The lowest BCUT2D eigenvalue weighted by Gasteiger charge is -2.10. The highest BCUT2D eigenvalue weighted by atomic mass is 35.5. The van der Waals surface area contributed by atoms with E-state index in [4.69, 9.17) is 26.5 Å². The van der Waals surface area contributed by atoms with Gasteiger partial charge in [-0.1, -0.05) is 47.5 Å². The molecule has 0 unspecified atom stereocenters. The van der Waals surface area contributed by atoms with Crippen LogP contribution in [0.2, 0.25) is 5.02 Å². The minimum Gasteiger partial charge on any atom is -0.492 e. The summed E-state index contributed by atoms with van der Waals surface area (Å²) < 4.78 is 65.5. The van der Waals surface area contributed by atoms with E-state index in [9.17, 15) is 21.6 Å². The Kier molecular flexibility index (Phi) is 7.09. The molecule has 0 saturated heterocycles. The van der Waals surface area contributed by atoms with Crippen LogP contribution in [0.4, 0.5) is 5.69 Å². The molecule has 2 heterocycles. The van der Waals surface area contributed by atoms with Crippen LogP contribution < -0.4 is 15.2 Å². The van der Waals surface area contributed by atoms with Gasteiger partial charge < -0.3 is 14.9 Å². The van der Waals surface area contributed by atoms with Crippen molar-refractivity contribution in [2.24, 2.45) is 0 Å². The Hall–Kier alpha value is -3.74. The van der Waals surface area contributed by atoms with Crippen molar-refractivity contribution in [1.29, 1.82) is 0 Å². The van der Waals surface area contributed by atoms with Crippen LogP contribution in [-0.4, -0.2) is 33.8 Å². The number of para-hydroxylation sites is 1. The molecule has 0 aliphatic rings. The summed E-state index contributed by atoms with van der Waals surface area (Å²) in [5.74, 6) is -2.41. The third kappa shape index (κ3) is 5.36. The second kappa shape index (κ2) is 9.96. The van der Waals surface area contributed by atoms with E-state index in [1.54, 1.807) is 24.3 Å². The molecular formula is C24H22ClN3O7S2. The number of rotatable bonds is 8. The summed E-state index contributed by atoms with van der Waals surface area (Å²) in [6.45, 7) is 1.82. The zero-order chi connectivity index (χ0) is 27.0. The number of nitrogens with one attached hydrogen (secondary N) is 1. The molecular weight excluding hydrogens is 542 g/mol. The average Bonchev–Trinajstić information content (AvgIpc) is 3.44. The van der Waals surface area contributed by atoms with Crippen LogP contribution in [0.1, 0.15) is 21.7 Å². The molecule has 0 bridgehead atoms. The normalized spacial score (nSPS) is 11.9. The lowest BCUT2D eigenvalue weighted by Crippen LogP contribution is -2.31. The van der Waals surface area contributed by atoms with Gasteiger partial charge in [0.25, 0.3) is 10.0 Å². The maximum atomic E-state index is 13.3. The van der Waals surface area contributed by atoms with Gasteiger partial charge in [-0.15, -0.1) is 0 Å². The third-order valence-corrected chi connectivity index (χ3v) is 8.57. The Morgan fingerprint density at radius 3 is 2.41 bits per heavy atom. The van der Waals surface area contributed by atoms with Crippen LogP contribution in [-0.2, 0) is 25.8 Å². The smallest absolute Gasteiger partial charge is 0.304 e. The number of sulfonamides is 1. The summed E-state index contributed by atoms with van der Waals surface area (Å²) in [4.78, 5) is 12.9. The second-order valence-electron chi connectivity index (χ2n) is 8.02. The van der Waals surface area contributed by atoms with E-state index in [1.807, 2.05) is 11.6 Å². The predicted octanol–water partition coefficient (Wildman–Crippen LogP) is 3.80. The van der Waals surface area contributed by atoms with Crippen LogP contribution in [0, 0.1) is 6.92 Å². The number of nitrogens with two attached hydrogens (primary N) is 1. The quantitative estimate of drug-likeness (QED) is 0.307. The Bertz CT molecular complexity index is 1690. The molecule has 2 aromatic heterocycles. The van der Waals surface area contributed by atoms with Gasteiger partial charge in [-0.25, -0.2) is 25.5 Å². The molecule has 37 heavy (non-hydrogen) atoms. The Morgan fingerprint density at radius 2 is 1.76 bits per heavy atom. The first-order valence-corrected chi connectivity index (χ1v) is 14.2. The second-order valence-corrected chi connectivity index (χ2v) is 12.0. The molecule has 194 valence electrons. The number of anilines is 1. The van der Waals surface area contributed by atoms with Gasteiger partial charge in [0.15, 0.2) is 11.5 Å². The highest BCUT2D eigenvalue weighted by Gasteiger charge is 2.29. The van der Waals surface area contributed by atoms with Gasteiger partial charge in [-0.3, -0.25) is 4.79 Å². The van der Waals surface area contributed by atoms with Crippen LogP contribution in [0.5, 0.6) is 5.75 Å². The molecule has 0 atom stereocenters. The van der Waals surface area contributed by atoms with Crippen molar-refractivity contribution < 1.29 is 30.8 Å². The van der Waals surface area contributed by atoms with Crippen molar-refractivity contribution in [3.63, 3.8) is 0 Å². The number of nitrogens with zero attached hydrogens (tertiary/aromatic N) is 1. The maximum absolute atomic E-state index is 13.3. The summed E-state index contributed by atoms with van der Waals surface area (Å²) in [7, 11) is -7.02. The minimum absolute atomic E-state index is 0.00869. The number of methoxy groups -OCH3 is 1. The number of furan rings is 1. The molecule has 4 aromatic rings. The molecule has 3 N–H and O–H groups in total. The van der Waals surface area contributed by atoms with Crippen molar-refractivity contribution in [3.05, 3.63) is 88.8 Å². The first-order chi connectivity index (χ1) is 17.4. The number of carbonyl (C=O) groups excluding carboxylic acids is 1. The predicted molar refractivity (Wildman–Crippen MR) is 138 cm³/mol. The number of aromatic nitrogens is 1. The highest BCUT2D eigenvalue weighted by molar-refractivity contribution is 7.90. The molecule has 10 nitrogen and oxygen atoms in total. The van der Waals surface area contributed by atoms with E-state index >= 15 is 0 Å². The number of amides is 1. The molecule has 1 amide bonds. The van der Waals surface area contributed by atoms with Crippen molar-refractivity contribution in [2.45, 2.75) is 17.6 Å². The largest absolute Gasteiger partial charge is 0.492 e. The van der Waals surface area contributed by atoms with Gasteiger partial charge in [-0.2, -0.15) is 0 Å². The highest BCUT2D eigenvalue weighted by Crippen LogP contribution is 2.37. The van der Waals surface area contributed by atoms with Crippen molar-refractivity contribution in [3.8, 4) is 17.2 Å². The molecule has 2 aromatic carbocycles. The topological polar surface area (TPSA) is 151 Å². The Labute approximate surface area is 218 Å². The number of halogens is 1. The number of nitrogen functional groups attached to an aromatic ring is 1. The fraction of sp³-hybridized carbons (Fsp3) is 0.125. The van der Waals surface area contributed by atoms with E-state index < -0.39 is 37.5 Å². The van der Waals surface area contributed by atoms with E-state index in [0.717, 1.165) is 9.54 Å². The minimum atomic E-state index is -4.18. The van der Waals surface area contributed by atoms with E-state index in [-0.39, 0.29) is 32.8 Å². The van der Waals surface area contributed by atoms with Gasteiger partial charge in [0.1, 0.15) is 5.69 Å². The first-order valence-electron chi connectivity index (χ1n) is 10.7. The molecule has 0 saturated carbocycles. The average molecular weight is 564 g/mol. The molecule has 13 heteroatoms. The van der Waals surface area contributed by atoms with E-state index in [0.29, 0.717) is 5.56 Å². The lowest BCUT2D eigenvalue weighted by atomic mass is 10.2. The number of carbonyl (C=O) groups is 1. The number of hydrogen-bond acceptors (Lipinski definition) is 8. The van der Waals surface area contributed by atoms with Gasteiger partial charge in [-0.05, 0) is 36.8 Å². The fourth-order valence-electron chi connectivity index (χ4n) is 3.54. The zero-order valence-corrected chi connectivity index (χ0v) is 22.0. The third-order valence-electron chi connectivity index (χ3n) is 5.39. The van der Waals surface area contributed by atoms with Crippen LogP contribution >= 0.6 is 11.6 Å². The number of aryl methyl sites for hydroxylation is 1. The zero-order valence-electron chi connectivity index (χ0n) is 19.6. The molecule has 0 spiro atoms. The Balaban J connectivity index is 1.69. The summed E-state index contributed by atoms with van der Waals surface area (Å²) >= 11 is 6.30. The monoisotopic (exact) mass is 563 g/mol. The summed E-state index contributed by atoms with van der Waals surface area (Å²) in [6.07, 6.45) is 1.25. The van der Waals surface area contributed by atoms with Gasteiger partial charge in [0.05, 0.1) is 22.8 Å². The van der Waals surface area contributed by atoms with Gasteiger partial charge in [0.2, 0.25) is 15.8 Å². The SMILES string of the molecule is COc1cc(-c2c(Cl)ccn2S(=O)(=O)c2ccc(C)cc2)oc1C(=O)NS(=O)(=O)Cc1ccccc1N. The molecule has 0 aliphatic heterocycles. The van der Waals surface area contributed by atoms with Crippen LogP contribution in [0.25, 0.3) is 11.5 Å². The number of benzene rings is 2. The summed E-state index contributed by atoms with van der Waals surface area (Å²) in [5.41, 5.74) is 7.17. The summed E-state index contributed by atoms with van der Waals surface area (Å²) in [6, 6.07) is 15.1. The lowest BCUT2D eigenvalue weighted by molar-refractivity contribution is 0.0951. The van der Waals surface area contributed by atoms with Crippen molar-refractivity contribution in [1.82, 2.24) is 8.69 Å². The molecule has 4 rings (SSSR count). The fourth-order valence-corrected chi connectivity index (χ4v) is 6.30. The van der Waals surface area contributed by atoms with Gasteiger partial charge in [0, 0.05) is 18.0 Å². The molecule has 0 aliphatic carbocycles. The molecule has 0 fully saturated rings. The maximum Gasteiger partial charge on any atom is 0.304 e. The number of ether oxygens (including phenoxy) is 1. The van der Waals surface area contributed by atoms with Crippen LogP contribution in [0.3, 0.4) is 0 Å². The van der Waals surface area contributed by atoms with Crippen LogP contribution in [0.15, 0.2) is 76.2 Å². The van der Waals surface area contributed by atoms with Gasteiger partial charge >= 0.3 is 5.91 Å². The van der Waals surface area contributed by atoms with Crippen molar-refractivity contribution in [2.75, 3.05) is 12.8 Å². The standard InChI is InChI=1S/C24H22ClN3O7S2/c1-15-7-9-17(10-8-15)37(32,33)28-12-11-18(25)22(28)20-13-21(34-2)23(35-20)24(29)27-36(30,31)14-16-5-3-4-6-19(16)26/h3-13H,14,26H2,1-2H3,(H,27,29). The summed E-state index contributed by atoms with van der Waals surface area (Å²) in [5, 5.41) is 0.0197.